The number of anilines is 2. The topological polar surface area (TPSA) is 76.0 Å². The molecule has 0 saturated carbocycles. The maximum Gasteiger partial charge on any atom is 0.249 e. The molecule has 1 aromatic heterocycles. The van der Waals surface area contributed by atoms with Crippen molar-refractivity contribution in [3.05, 3.63) is 65.3 Å². The molecule has 2 N–H and O–H groups in total. The second-order valence-electron chi connectivity index (χ2n) is 6.24. The molecule has 0 bridgehead atoms. The van der Waals surface area contributed by atoms with E-state index in [-0.39, 0.29) is 23.2 Å². The standard InChI is InChI=1S/C19H13ClF2N4O2/c20-14-7-12(5-6-15(14)22)24-19(28)16-8-17(27)25-18-13(9-23-26(16)18)10-1-3-11(21)4-2-10/h1-7,9,16H,8H2,(H,24,28)(H,25,27)/t16-/m0/s1. The third kappa shape index (κ3) is 3.34. The number of hydrogen-bond acceptors (Lipinski definition) is 3. The van der Waals surface area contributed by atoms with Gasteiger partial charge in [-0.25, -0.2) is 13.5 Å². The maximum absolute atomic E-state index is 13.3. The van der Waals surface area contributed by atoms with E-state index in [4.69, 9.17) is 11.6 Å². The van der Waals surface area contributed by atoms with Crippen molar-refractivity contribution < 1.29 is 18.4 Å². The van der Waals surface area contributed by atoms with Gasteiger partial charge in [0.25, 0.3) is 0 Å². The molecular weight excluding hydrogens is 390 g/mol. The number of fused-ring (bicyclic) bond motifs is 1. The molecule has 0 fully saturated rings. The van der Waals surface area contributed by atoms with E-state index in [9.17, 15) is 18.4 Å². The van der Waals surface area contributed by atoms with Gasteiger partial charge in [0.05, 0.1) is 17.6 Å². The van der Waals surface area contributed by atoms with Crippen LogP contribution in [0.1, 0.15) is 12.5 Å². The highest BCUT2D eigenvalue weighted by atomic mass is 35.5. The van der Waals surface area contributed by atoms with Gasteiger partial charge in [0.2, 0.25) is 11.8 Å². The predicted molar refractivity (Wildman–Crippen MR) is 99.9 cm³/mol. The number of amides is 2. The Morgan fingerprint density at radius 3 is 2.68 bits per heavy atom. The van der Waals surface area contributed by atoms with Gasteiger partial charge in [-0.15, -0.1) is 0 Å². The minimum atomic E-state index is -0.901. The minimum Gasteiger partial charge on any atom is -0.324 e. The van der Waals surface area contributed by atoms with Crippen LogP contribution >= 0.6 is 11.6 Å². The lowest BCUT2D eigenvalue weighted by Crippen LogP contribution is -2.35. The summed E-state index contributed by atoms with van der Waals surface area (Å²) in [6.45, 7) is 0. The van der Waals surface area contributed by atoms with E-state index in [1.54, 1.807) is 12.1 Å². The van der Waals surface area contributed by atoms with Crippen LogP contribution in [0.4, 0.5) is 20.3 Å². The van der Waals surface area contributed by atoms with Crippen LogP contribution < -0.4 is 10.6 Å². The van der Waals surface area contributed by atoms with Crippen LogP contribution in [0, 0.1) is 11.6 Å². The van der Waals surface area contributed by atoms with Crippen LogP contribution in [0.3, 0.4) is 0 Å². The molecule has 1 aliphatic rings. The molecule has 2 aromatic carbocycles. The van der Waals surface area contributed by atoms with E-state index in [0.717, 1.165) is 6.07 Å². The first-order valence-electron chi connectivity index (χ1n) is 8.31. The van der Waals surface area contributed by atoms with E-state index in [1.807, 2.05) is 0 Å². The normalized spacial score (nSPS) is 15.7. The smallest absolute Gasteiger partial charge is 0.249 e. The fraction of sp³-hybridized carbons (Fsp3) is 0.105. The third-order valence-corrected chi connectivity index (χ3v) is 4.66. The molecule has 1 aliphatic heterocycles. The molecule has 9 heteroatoms. The van der Waals surface area contributed by atoms with Crippen molar-refractivity contribution in [1.82, 2.24) is 9.78 Å². The summed E-state index contributed by atoms with van der Waals surface area (Å²) in [4.78, 5) is 24.9. The molecular formula is C19H13ClF2N4O2. The molecule has 6 nitrogen and oxygen atoms in total. The molecule has 0 unspecified atom stereocenters. The van der Waals surface area contributed by atoms with Crippen LogP contribution in [-0.4, -0.2) is 21.6 Å². The number of hydrogen-bond donors (Lipinski definition) is 2. The van der Waals surface area contributed by atoms with Gasteiger partial charge in [0.15, 0.2) is 0 Å². The summed E-state index contributed by atoms with van der Waals surface area (Å²) in [6, 6.07) is 8.60. The van der Waals surface area contributed by atoms with E-state index in [0.29, 0.717) is 22.6 Å². The molecule has 28 heavy (non-hydrogen) atoms. The molecule has 2 amide bonds. The van der Waals surface area contributed by atoms with Gasteiger partial charge in [0.1, 0.15) is 23.5 Å². The molecule has 2 heterocycles. The van der Waals surface area contributed by atoms with Crippen molar-refractivity contribution in [3.63, 3.8) is 0 Å². The third-order valence-electron chi connectivity index (χ3n) is 4.37. The lowest BCUT2D eigenvalue weighted by molar-refractivity contribution is -0.125. The van der Waals surface area contributed by atoms with Crippen molar-refractivity contribution >= 4 is 34.9 Å². The van der Waals surface area contributed by atoms with E-state index < -0.39 is 17.8 Å². The highest BCUT2D eigenvalue weighted by molar-refractivity contribution is 6.31. The first kappa shape index (κ1) is 18.1. The Hall–Kier alpha value is -3.26. The maximum atomic E-state index is 13.3. The Labute approximate surface area is 163 Å². The zero-order valence-electron chi connectivity index (χ0n) is 14.2. The van der Waals surface area contributed by atoms with E-state index in [1.165, 1.54) is 35.1 Å². The van der Waals surface area contributed by atoms with Gasteiger partial charge in [-0.2, -0.15) is 5.10 Å². The van der Waals surface area contributed by atoms with Crippen molar-refractivity contribution in [3.8, 4) is 11.1 Å². The van der Waals surface area contributed by atoms with Gasteiger partial charge in [0, 0.05) is 11.3 Å². The number of nitrogens with one attached hydrogen (secondary N) is 2. The predicted octanol–water partition coefficient (Wildman–Crippen LogP) is 4.00. The monoisotopic (exact) mass is 402 g/mol. The van der Waals surface area contributed by atoms with Crippen molar-refractivity contribution in [1.29, 1.82) is 0 Å². The van der Waals surface area contributed by atoms with Crippen molar-refractivity contribution in [2.75, 3.05) is 10.6 Å². The first-order valence-corrected chi connectivity index (χ1v) is 8.69. The lowest BCUT2D eigenvalue weighted by atomic mass is 10.1. The lowest BCUT2D eigenvalue weighted by Gasteiger charge is -2.24. The Morgan fingerprint density at radius 2 is 1.96 bits per heavy atom. The highest BCUT2D eigenvalue weighted by Crippen LogP contribution is 2.34. The van der Waals surface area contributed by atoms with E-state index >= 15 is 0 Å². The average Bonchev–Trinajstić information content (AvgIpc) is 3.08. The van der Waals surface area contributed by atoms with Crippen LogP contribution in [0.15, 0.2) is 48.7 Å². The highest BCUT2D eigenvalue weighted by Gasteiger charge is 2.33. The summed E-state index contributed by atoms with van der Waals surface area (Å²) in [5.74, 6) is -1.49. The number of nitrogens with zero attached hydrogens (tertiary/aromatic N) is 2. The van der Waals surface area contributed by atoms with Gasteiger partial charge < -0.3 is 10.6 Å². The Kier molecular flexibility index (Phi) is 4.56. The number of halogens is 3. The van der Waals surface area contributed by atoms with Crippen LogP contribution in [0.2, 0.25) is 5.02 Å². The Balaban J connectivity index is 1.65. The molecule has 0 radical (unpaired) electrons. The Bertz CT molecular complexity index is 1080. The number of benzene rings is 2. The quantitative estimate of drug-likeness (QED) is 0.695. The fourth-order valence-electron chi connectivity index (χ4n) is 3.01. The zero-order valence-corrected chi connectivity index (χ0v) is 15.0. The van der Waals surface area contributed by atoms with Gasteiger partial charge in [-0.1, -0.05) is 23.7 Å². The average molecular weight is 403 g/mol. The molecule has 142 valence electrons. The fourth-order valence-corrected chi connectivity index (χ4v) is 3.19. The summed E-state index contributed by atoms with van der Waals surface area (Å²) < 4.78 is 27.9. The van der Waals surface area contributed by atoms with E-state index in [2.05, 4.69) is 15.7 Å². The minimum absolute atomic E-state index is 0.113. The molecule has 0 aliphatic carbocycles. The summed E-state index contributed by atoms with van der Waals surface area (Å²) in [6.07, 6.45) is 1.39. The summed E-state index contributed by atoms with van der Waals surface area (Å²) in [5.41, 5.74) is 1.51. The van der Waals surface area contributed by atoms with Crippen LogP contribution in [0.25, 0.3) is 11.1 Å². The van der Waals surface area contributed by atoms with Crippen LogP contribution in [-0.2, 0) is 9.59 Å². The number of rotatable bonds is 3. The SMILES string of the molecule is O=C1C[C@@H](C(=O)Nc2ccc(F)c(Cl)c2)n2ncc(-c3ccc(F)cc3)c2N1. The van der Waals surface area contributed by atoms with Crippen molar-refractivity contribution in [2.24, 2.45) is 0 Å². The summed E-state index contributed by atoms with van der Waals surface area (Å²) in [5, 5.41) is 9.42. The molecule has 1 atom stereocenters. The molecule has 0 spiro atoms. The van der Waals surface area contributed by atoms with Crippen LogP contribution in [0.5, 0.6) is 0 Å². The summed E-state index contributed by atoms with van der Waals surface area (Å²) >= 11 is 5.73. The second-order valence-corrected chi connectivity index (χ2v) is 6.65. The Morgan fingerprint density at radius 1 is 1.21 bits per heavy atom. The first-order chi connectivity index (χ1) is 13.4. The molecule has 0 saturated heterocycles. The van der Waals surface area contributed by atoms with Gasteiger partial charge in [-0.05, 0) is 35.9 Å². The van der Waals surface area contributed by atoms with Gasteiger partial charge in [-0.3, -0.25) is 9.59 Å². The second kappa shape index (κ2) is 7.05. The summed E-state index contributed by atoms with van der Waals surface area (Å²) in [7, 11) is 0. The largest absolute Gasteiger partial charge is 0.324 e. The van der Waals surface area contributed by atoms with Crippen molar-refractivity contribution in [2.45, 2.75) is 12.5 Å². The molecule has 3 aromatic rings. The number of carbonyl (C=O) groups is 2. The number of carbonyl (C=O) groups excluding carboxylic acids is 2. The molecule has 4 rings (SSSR count). The number of aromatic nitrogens is 2. The zero-order chi connectivity index (χ0) is 19.8. The van der Waals surface area contributed by atoms with Gasteiger partial charge >= 0.3 is 0 Å².